The molecule has 0 saturated carbocycles. The van der Waals surface area contributed by atoms with Gasteiger partial charge in [-0.15, -0.1) is 0 Å². The van der Waals surface area contributed by atoms with E-state index in [4.69, 9.17) is 16.3 Å². The Morgan fingerprint density at radius 2 is 1.65 bits per heavy atom. The van der Waals surface area contributed by atoms with Crippen LogP contribution in [0.3, 0.4) is 0 Å². The van der Waals surface area contributed by atoms with E-state index in [2.05, 4.69) is 38.4 Å². The lowest BCUT2D eigenvalue weighted by Gasteiger charge is -2.08. The highest BCUT2D eigenvalue weighted by Gasteiger charge is 2.29. The van der Waals surface area contributed by atoms with Crippen molar-refractivity contribution in [3.05, 3.63) is 93.4 Å². The van der Waals surface area contributed by atoms with Gasteiger partial charge in [0, 0.05) is 10.0 Å². The fourth-order valence-corrected chi connectivity index (χ4v) is 4.27. The molecule has 0 unspecified atom stereocenters. The Bertz CT molecular complexity index is 1380. The third kappa shape index (κ3) is 3.71. The molecule has 4 nitrogen and oxygen atoms in total. The van der Waals surface area contributed by atoms with Gasteiger partial charge in [-0.3, -0.25) is 4.79 Å². The predicted molar refractivity (Wildman–Crippen MR) is 129 cm³/mol. The summed E-state index contributed by atoms with van der Waals surface area (Å²) < 4.78 is 6.72. The van der Waals surface area contributed by atoms with E-state index in [9.17, 15) is 4.79 Å². The van der Waals surface area contributed by atoms with Crippen molar-refractivity contribution in [2.45, 2.75) is 6.92 Å². The average molecular weight is 492 g/mol. The summed E-state index contributed by atoms with van der Waals surface area (Å²) in [5.41, 5.74) is 3.26. The number of benzene rings is 4. The minimum Gasteiger partial charge on any atom is -0.457 e. The van der Waals surface area contributed by atoms with Gasteiger partial charge in [-0.25, -0.2) is 4.99 Å². The van der Waals surface area contributed by atoms with Crippen molar-refractivity contribution in [2.75, 3.05) is 5.32 Å². The minimum atomic E-state index is -0.247. The molecule has 4 aromatic rings. The van der Waals surface area contributed by atoms with Crippen LogP contribution in [-0.2, 0) is 4.79 Å². The van der Waals surface area contributed by atoms with Crippen molar-refractivity contribution in [1.29, 1.82) is 0 Å². The van der Waals surface area contributed by atoms with Gasteiger partial charge in [-0.2, -0.15) is 0 Å². The number of ether oxygens (including phenoxy) is 1. The van der Waals surface area contributed by atoms with Gasteiger partial charge in [0.2, 0.25) is 0 Å². The molecular weight excluding hydrogens is 476 g/mol. The molecule has 1 heterocycles. The van der Waals surface area contributed by atoms with Crippen LogP contribution in [0.2, 0.25) is 5.02 Å². The number of hydrogen-bond acceptors (Lipinski definition) is 3. The summed E-state index contributed by atoms with van der Waals surface area (Å²) in [6, 6.07) is 23.3. The monoisotopic (exact) mass is 490 g/mol. The molecule has 6 heteroatoms. The Kier molecular flexibility index (Phi) is 5.00. The van der Waals surface area contributed by atoms with E-state index in [0.717, 1.165) is 26.7 Å². The van der Waals surface area contributed by atoms with E-state index in [-0.39, 0.29) is 5.91 Å². The van der Waals surface area contributed by atoms with Gasteiger partial charge < -0.3 is 10.1 Å². The normalized spacial score (nSPS) is 14.0. The lowest BCUT2D eigenvalue weighted by molar-refractivity contribution is -0.110. The molecule has 0 bridgehead atoms. The molecular formula is C25H16BrClN2O2. The fraction of sp³-hybridized carbons (Fsp3) is 0.0400. The van der Waals surface area contributed by atoms with Gasteiger partial charge in [-0.1, -0.05) is 41.9 Å². The van der Waals surface area contributed by atoms with Crippen molar-refractivity contribution < 1.29 is 9.53 Å². The summed E-state index contributed by atoms with van der Waals surface area (Å²) >= 11 is 9.73. The average Bonchev–Trinajstić information content (AvgIpc) is 3.08. The first kappa shape index (κ1) is 19.8. The smallest absolute Gasteiger partial charge is 0.275 e. The van der Waals surface area contributed by atoms with Crippen molar-refractivity contribution in [1.82, 2.24) is 0 Å². The Morgan fingerprint density at radius 3 is 2.42 bits per heavy atom. The second-order valence-electron chi connectivity index (χ2n) is 7.24. The summed E-state index contributed by atoms with van der Waals surface area (Å²) in [5.74, 6) is 1.21. The van der Waals surface area contributed by atoms with Crippen LogP contribution in [0.25, 0.3) is 10.8 Å². The number of rotatable bonds is 3. The second-order valence-corrected chi connectivity index (χ2v) is 8.47. The Hall–Kier alpha value is -3.15. The lowest BCUT2D eigenvalue weighted by Crippen LogP contribution is -2.13. The Balaban J connectivity index is 1.42. The van der Waals surface area contributed by atoms with E-state index in [1.807, 2.05) is 67.6 Å². The van der Waals surface area contributed by atoms with Gasteiger partial charge in [0.1, 0.15) is 17.2 Å². The lowest BCUT2D eigenvalue weighted by atomic mass is 10.1. The molecule has 1 amide bonds. The number of aliphatic imine (C=N–C) groups is 1. The topological polar surface area (TPSA) is 50.7 Å². The molecule has 5 rings (SSSR count). The molecule has 0 radical (unpaired) electrons. The molecule has 0 fully saturated rings. The first-order valence-electron chi connectivity index (χ1n) is 9.65. The van der Waals surface area contributed by atoms with Crippen LogP contribution < -0.4 is 10.1 Å². The predicted octanol–water partition coefficient (Wildman–Crippen LogP) is 7.43. The van der Waals surface area contributed by atoms with Gasteiger partial charge in [-0.05, 0) is 81.7 Å². The second kappa shape index (κ2) is 7.84. The Labute approximate surface area is 192 Å². The zero-order valence-corrected chi connectivity index (χ0v) is 18.8. The van der Waals surface area contributed by atoms with E-state index >= 15 is 0 Å². The number of hydrogen-bond donors (Lipinski definition) is 1. The number of anilines is 1. The zero-order chi connectivity index (χ0) is 21.5. The first-order valence-corrected chi connectivity index (χ1v) is 10.8. The molecule has 0 saturated heterocycles. The highest BCUT2D eigenvalue weighted by Crippen LogP contribution is 2.38. The number of nitrogens with zero attached hydrogens (tertiary/aromatic N) is 1. The SMILES string of the molecule is Cc1c(Cl)c(Br)cc2c1NC(=O)C2=Nc1ccc(Oc2ccc3ccccc3c2)cc1. The summed E-state index contributed by atoms with van der Waals surface area (Å²) in [6.45, 7) is 1.87. The molecule has 0 aromatic heterocycles. The first-order chi connectivity index (χ1) is 15.0. The van der Waals surface area contributed by atoms with Gasteiger partial charge >= 0.3 is 0 Å². The van der Waals surface area contributed by atoms with Crippen LogP contribution in [0.15, 0.2) is 82.3 Å². The van der Waals surface area contributed by atoms with Crippen LogP contribution in [0.1, 0.15) is 11.1 Å². The maximum atomic E-state index is 12.5. The highest BCUT2D eigenvalue weighted by atomic mass is 79.9. The van der Waals surface area contributed by atoms with Gasteiger partial charge in [0.15, 0.2) is 0 Å². The third-order valence-electron chi connectivity index (χ3n) is 5.20. The zero-order valence-electron chi connectivity index (χ0n) is 16.4. The van der Waals surface area contributed by atoms with Crippen LogP contribution in [0.5, 0.6) is 11.5 Å². The molecule has 4 aromatic carbocycles. The van der Waals surface area contributed by atoms with Crippen LogP contribution in [-0.4, -0.2) is 11.6 Å². The quantitative estimate of drug-likeness (QED) is 0.324. The van der Waals surface area contributed by atoms with Crippen LogP contribution in [0, 0.1) is 6.92 Å². The third-order valence-corrected chi connectivity index (χ3v) is 6.54. The number of halogens is 2. The van der Waals surface area contributed by atoms with E-state index in [1.54, 1.807) is 0 Å². The van der Waals surface area contributed by atoms with E-state index in [0.29, 0.717) is 27.9 Å². The maximum Gasteiger partial charge on any atom is 0.275 e. The van der Waals surface area contributed by atoms with Crippen molar-refractivity contribution in [2.24, 2.45) is 4.99 Å². The van der Waals surface area contributed by atoms with Crippen LogP contribution >= 0.6 is 27.5 Å². The summed E-state index contributed by atoms with van der Waals surface area (Å²) in [4.78, 5) is 17.1. The van der Waals surface area contributed by atoms with Crippen molar-refractivity contribution in [3.8, 4) is 11.5 Å². The number of carbonyl (C=O) groups is 1. The molecule has 1 aliphatic rings. The van der Waals surface area contributed by atoms with Crippen molar-refractivity contribution in [3.63, 3.8) is 0 Å². The maximum absolute atomic E-state index is 12.5. The summed E-state index contributed by atoms with van der Waals surface area (Å²) in [5, 5.41) is 5.73. The molecule has 1 N–H and O–H groups in total. The van der Waals surface area contributed by atoms with E-state index < -0.39 is 0 Å². The number of amides is 1. The van der Waals surface area contributed by atoms with Crippen LogP contribution in [0.4, 0.5) is 11.4 Å². The van der Waals surface area contributed by atoms with Crippen molar-refractivity contribution >= 4 is 61.3 Å². The Morgan fingerprint density at radius 1 is 0.935 bits per heavy atom. The van der Waals surface area contributed by atoms with Gasteiger partial charge in [0.25, 0.3) is 5.91 Å². The largest absolute Gasteiger partial charge is 0.457 e. The van der Waals surface area contributed by atoms with E-state index in [1.165, 1.54) is 5.39 Å². The molecule has 152 valence electrons. The summed E-state index contributed by atoms with van der Waals surface area (Å²) in [7, 11) is 0. The number of nitrogens with one attached hydrogen (secondary N) is 1. The molecule has 0 spiro atoms. The fourth-order valence-electron chi connectivity index (χ4n) is 3.59. The molecule has 31 heavy (non-hydrogen) atoms. The summed E-state index contributed by atoms with van der Waals surface area (Å²) in [6.07, 6.45) is 0. The van der Waals surface area contributed by atoms with Gasteiger partial charge in [0.05, 0.1) is 16.4 Å². The minimum absolute atomic E-state index is 0.247. The number of carbonyl (C=O) groups excluding carboxylic acids is 1. The highest BCUT2D eigenvalue weighted by molar-refractivity contribution is 9.10. The molecule has 0 aliphatic carbocycles. The molecule has 1 aliphatic heterocycles. The molecule has 0 atom stereocenters. The standard InChI is InChI=1S/C25H16BrClN2O2/c1-14-22(27)21(26)13-20-23(14)29-25(30)24(20)28-17-7-10-18(11-8-17)31-19-9-6-15-4-2-3-5-16(15)12-19/h2-13H,1H3,(H,28,29,30). The number of fused-ring (bicyclic) bond motifs is 2.